The second-order valence-electron chi connectivity index (χ2n) is 6.02. The lowest BCUT2D eigenvalue weighted by molar-refractivity contribution is -0.141. The number of hydrogen-bond acceptors (Lipinski definition) is 5. The number of carbonyl (C=O) groups excluding carboxylic acids is 2. The van der Waals surface area contributed by atoms with Gasteiger partial charge in [0.15, 0.2) is 0 Å². The second-order valence-corrected chi connectivity index (χ2v) is 6.02. The molecule has 0 aromatic heterocycles. The fraction of sp³-hybridized carbons (Fsp3) is 0.250. The summed E-state index contributed by atoms with van der Waals surface area (Å²) in [5.41, 5.74) is 2.19. The summed E-state index contributed by atoms with van der Waals surface area (Å²) >= 11 is 0. The number of aromatic carboxylic acids is 1. The van der Waals surface area contributed by atoms with Crippen LogP contribution in [0.15, 0.2) is 42.5 Å². The summed E-state index contributed by atoms with van der Waals surface area (Å²) in [6, 6.07) is 11.6. The van der Waals surface area contributed by atoms with Gasteiger partial charge in [0.25, 0.3) is 5.91 Å². The fourth-order valence-electron chi connectivity index (χ4n) is 2.51. The minimum atomic E-state index is -1.16. The van der Waals surface area contributed by atoms with Crippen LogP contribution in [0.2, 0.25) is 0 Å². The molecule has 0 spiro atoms. The number of carbonyl (C=O) groups is 3. The lowest BCUT2D eigenvalue weighted by Crippen LogP contribution is -2.28. The zero-order chi connectivity index (χ0) is 20.0. The van der Waals surface area contributed by atoms with Gasteiger partial charge in [0.05, 0.1) is 17.9 Å². The summed E-state index contributed by atoms with van der Waals surface area (Å²) in [5, 5.41) is 12.2. The molecule has 27 heavy (non-hydrogen) atoms. The van der Waals surface area contributed by atoms with E-state index in [4.69, 9.17) is 4.74 Å². The first-order valence-corrected chi connectivity index (χ1v) is 8.44. The van der Waals surface area contributed by atoms with E-state index in [0.717, 1.165) is 5.56 Å². The Labute approximate surface area is 157 Å². The van der Waals surface area contributed by atoms with Gasteiger partial charge in [0.2, 0.25) is 0 Å². The molecule has 142 valence electrons. The number of aryl methyl sites for hydroxylation is 1. The molecule has 2 aromatic rings. The van der Waals surface area contributed by atoms with Gasteiger partial charge in [-0.3, -0.25) is 9.59 Å². The first-order chi connectivity index (χ1) is 12.8. The molecule has 0 bridgehead atoms. The number of anilines is 2. The summed E-state index contributed by atoms with van der Waals surface area (Å²) in [5.74, 6) is -1.95. The van der Waals surface area contributed by atoms with E-state index in [0.29, 0.717) is 16.9 Å². The van der Waals surface area contributed by atoms with Crippen LogP contribution in [0.25, 0.3) is 0 Å². The van der Waals surface area contributed by atoms with Crippen LogP contribution < -0.4 is 10.2 Å². The fourth-order valence-corrected chi connectivity index (χ4v) is 2.51. The molecule has 2 N–H and O–H groups in total. The van der Waals surface area contributed by atoms with E-state index in [-0.39, 0.29) is 24.6 Å². The van der Waals surface area contributed by atoms with Gasteiger partial charge in [-0.05, 0) is 44.2 Å². The van der Waals surface area contributed by atoms with E-state index in [2.05, 4.69) is 5.32 Å². The number of amides is 1. The van der Waals surface area contributed by atoms with Gasteiger partial charge in [-0.2, -0.15) is 0 Å². The summed E-state index contributed by atoms with van der Waals surface area (Å²) in [6.45, 7) is 3.80. The molecule has 0 aliphatic heterocycles. The van der Waals surface area contributed by atoms with Crippen LogP contribution in [-0.2, 0) is 9.53 Å². The van der Waals surface area contributed by atoms with Gasteiger partial charge in [0.1, 0.15) is 6.54 Å². The van der Waals surface area contributed by atoms with Crippen molar-refractivity contribution in [1.82, 2.24) is 0 Å². The molecular weight excluding hydrogens is 348 g/mol. The first kappa shape index (κ1) is 20.0. The third-order valence-corrected chi connectivity index (χ3v) is 3.88. The van der Waals surface area contributed by atoms with Gasteiger partial charge in [-0.1, -0.05) is 17.7 Å². The highest BCUT2D eigenvalue weighted by Crippen LogP contribution is 2.24. The maximum absolute atomic E-state index is 12.3. The van der Waals surface area contributed by atoms with Gasteiger partial charge in [-0.25, -0.2) is 4.79 Å². The topological polar surface area (TPSA) is 95.9 Å². The Morgan fingerprint density at radius 3 is 2.37 bits per heavy atom. The maximum atomic E-state index is 12.3. The largest absolute Gasteiger partial charge is 0.478 e. The number of benzene rings is 2. The van der Waals surface area contributed by atoms with Crippen molar-refractivity contribution in [1.29, 1.82) is 0 Å². The molecule has 7 heteroatoms. The zero-order valence-electron chi connectivity index (χ0n) is 15.5. The third-order valence-electron chi connectivity index (χ3n) is 3.88. The number of esters is 1. The number of hydrogen-bond donors (Lipinski definition) is 2. The van der Waals surface area contributed by atoms with Crippen molar-refractivity contribution >= 4 is 29.2 Å². The maximum Gasteiger partial charge on any atom is 0.337 e. The highest BCUT2D eigenvalue weighted by atomic mass is 16.5. The molecule has 0 heterocycles. The number of carboxylic acids is 1. The molecule has 0 aliphatic rings. The van der Waals surface area contributed by atoms with E-state index in [1.807, 2.05) is 19.1 Å². The Balaban J connectivity index is 2.21. The van der Waals surface area contributed by atoms with Crippen molar-refractivity contribution in [3.8, 4) is 0 Å². The molecule has 0 unspecified atom stereocenters. The van der Waals surface area contributed by atoms with Crippen LogP contribution in [-0.4, -0.2) is 43.2 Å². The molecule has 0 radical (unpaired) electrons. The molecule has 2 aromatic carbocycles. The highest BCUT2D eigenvalue weighted by molar-refractivity contribution is 6.05. The summed E-state index contributed by atoms with van der Waals surface area (Å²) < 4.78 is 4.88. The molecule has 0 fully saturated rings. The minimum absolute atomic E-state index is 0.0245. The number of rotatable bonds is 7. The van der Waals surface area contributed by atoms with Crippen molar-refractivity contribution in [3.05, 3.63) is 59.2 Å². The minimum Gasteiger partial charge on any atom is -0.478 e. The smallest absolute Gasteiger partial charge is 0.337 e. The quantitative estimate of drug-likeness (QED) is 0.728. The van der Waals surface area contributed by atoms with Crippen LogP contribution in [0.4, 0.5) is 11.4 Å². The Morgan fingerprint density at radius 2 is 1.78 bits per heavy atom. The SMILES string of the molecule is CCOC(=O)CN(C)c1ccc(NC(=O)c2ccc(C)cc2)cc1C(=O)O. The predicted octanol–water partition coefficient (Wildman–Crippen LogP) is 2.94. The zero-order valence-corrected chi connectivity index (χ0v) is 15.5. The molecule has 1 amide bonds. The average Bonchev–Trinajstić information content (AvgIpc) is 2.62. The Bertz CT molecular complexity index is 846. The lowest BCUT2D eigenvalue weighted by Gasteiger charge is -2.21. The number of nitrogens with zero attached hydrogens (tertiary/aromatic N) is 1. The summed E-state index contributed by atoms with van der Waals surface area (Å²) in [6.07, 6.45) is 0. The van der Waals surface area contributed by atoms with Gasteiger partial charge >= 0.3 is 11.9 Å². The van der Waals surface area contributed by atoms with Gasteiger partial charge in [-0.15, -0.1) is 0 Å². The van der Waals surface area contributed by atoms with Crippen molar-refractivity contribution < 1.29 is 24.2 Å². The van der Waals surface area contributed by atoms with Gasteiger partial charge < -0.3 is 20.1 Å². The molecular formula is C20H22N2O5. The van der Waals surface area contributed by atoms with E-state index in [1.165, 1.54) is 11.0 Å². The lowest BCUT2D eigenvalue weighted by atomic mass is 10.1. The van der Waals surface area contributed by atoms with E-state index in [1.54, 1.807) is 38.2 Å². The van der Waals surface area contributed by atoms with Crippen LogP contribution in [0.1, 0.15) is 33.2 Å². The van der Waals surface area contributed by atoms with E-state index in [9.17, 15) is 19.5 Å². The number of ether oxygens (including phenoxy) is 1. The van der Waals surface area contributed by atoms with Crippen LogP contribution in [0, 0.1) is 6.92 Å². The van der Waals surface area contributed by atoms with Crippen molar-refractivity contribution in [3.63, 3.8) is 0 Å². The van der Waals surface area contributed by atoms with E-state index < -0.39 is 11.9 Å². The van der Waals surface area contributed by atoms with Crippen LogP contribution >= 0.6 is 0 Å². The molecule has 7 nitrogen and oxygen atoms in total. The number of nitrogens with one attached hydrogen (secondary N) is 1. The average molecular weight is 370 g/mol. The summed E-state index contributed by atoms with van der Waals surface area (Å²) in [7, 11) is 1.60. The number of carboxylic acid groups (broad SMARTS) is 1. The second kappa shape index (κ2) is 8.84. The van der Waals surface area contributed by atoms with Crippen molar-refractivity contribution in [2.45, 2.75) is 13.8 Å². The monoisotopic (exact) mass is 370 g/mol. The van der Waals surface area contributed by atoms with Crippen LogP contribution in [0.5, 0.6) is 0 Å². The molecule has 0 aliphatic carbocycles. The molecule has 0 saturated heterocycles. The van der Waals surface area contributed by atoms with Gasteiger partial charge in [0, 0.05) is 18.3 Å². The third kappa shape index (κ3) is 5.31. The van der Waals surface area contributed by atoms with E-state index >= 15 is 0 Å². The Hall–Kier alpha value is -3.35. The van der Waals surface area contributed by atoms with Crippen LogP contribution in [0.3, 0.4) is 0 Å². The first-order valence-electron chi connectivity index (χ1n) is 8.44. The van der Waals surface area contributed by atoms with Crippen molar-refractivity contribution in [2.75, 3.05) is 30.4 Å². The highest BCUT2D eigenvalue weighted by Gasteiger charge is 2.18. The Kier molecular flexibility index (Phi) is 6.54. The Morgan fingerprint density at radius 1 is 1.11 bits per heavy atom. The molecule has 2 rings (SSSR count). The summed E-state index contributed by atoms with van der Waals surface area (Å²) in [4.78, 5) is 37.1. The molecule has 0 atom stereocenters. The number of likely N-dealkylation sites (N-methyl/N-ethyl adjacent to an activating group) is 1. The van der Waals surface area contributed by atoms with Crippen molar-refractivity contribution in [2.24, 2.45) is 0 Å². The predicted molar refractivity (Wildman–Crippen MR) is 102 cm³/mol. The normalized spacial score (nSPS) is 10.2. The molecule has 0 saturated carbocycles. The standard InChI is InChI=1S/C20H22N2O5/c1-4-27-18(23)12-22(3)17-10-9-15(11-16(17)20(25)26)21-19(24)14-7-5-13(2)6-8-14/h5-11H,4,12H2,1-3H3,(H,21,24)(H,25,26).